The largest absolute Gasteiger partial charge is 0.394 e. The Morgan fingerprint density at radius 2 is 1.14 bits per heavy atom. The lowest BCUT2D eigenvalue weighted by Gasteiger charge is -2.51. The molecule has 8 unspecified atom stereocenters. The Bertz CT molecular complexity index is 917. The first-order valence-corrected chi connectivity index (χ1v) is 15.1. The van der Waals surface area contributed by atoms with E-state index in [1.54, 1.807) is 0 Å². The molecule has 0 radical (unpaired) electrons. The molecule has 0 aromatic carbocycles. The first kappa shape index (κ1) is 34.6. The minimum Gasteiger partial charge on any atom is -0.394 e. The molecule has 0 bridgehead atoms. The van der Waals surface area contributed by atoms with Crippen LogP contribution in [0.25, 0.3) is 0 Å². The zero-order chi connectivity index (χ0) is 32.0. The maximum Gasteiger partial charge on any atom is 0.187 e. The van der Waals surface area contributed by atoms with Gasteiger partial charge in [-0.25, -0.2) is 0 Å². The van der Waals surface area contributed by atoms with Gasteiger partial charge in [-0.2, -0.15) is 0 Å². The third-order valence-electron chi connectivity index (χ3n) is 9.78. The second-order valence-electron chi connectivity index (χ2n) is 12.8. The van der Waals surface area contributed by atoms with Crippen LogP contribution in [-0.4, -0.2) is 185 Å². The Morgan fingerprint density at radius 1 is 0.545 bits per heavy atom. The number of rotatable bonds is 7. The fraction of sp³-hybridized carbons (Fsp3) is 1.00. The van der Waals surface area contributed by atoms with Gasteiger partial charge < -0.3 is 85.0 Å². The van der Waals surface area contributed by atoms with E-state index in [1.807, 2.05) is 0 Å². The van der Waals surface area contributed by atoms with Gasteiger partial charge in [0.25, 0.3) is 0 Å². The van der Waals surface area contributed by atoms with Gasteiger partial charge in [-0.1, -0.05) is 0 Å². The van der Waals surface area contributed by atoms with E-state index in [0.717, 1.165) is 0 Å². The molecule has 17 heteroatoms. The van der Waals surface area contributed by atoms with Crippen molar-refractivity contribution in [3.05, 3.63) is 0 Å². The molecular weight excluding hydrogens is 596 g/mol. The SMILES string of the molecule is OC[C@@H]1O[C@H](OC[C@H]2O[C@@H](OC3CC4C(O)CC(O)CC4OC3C3CC(O)C(O)C(O)C3)[C@H](O)[C@H](O)[C@H]2O)[C@@H](O)[C@H](O)[C@H]1O. The highest BCUT2D eigenvalue weighted by molar-refractivity contribution is 5.00. The molecule has 0 aromatic rings. The summed E-state index contributed by atoms with van der Waals surface area (Å²) in [7, 11) is 0. The first-order chi connectivity index (χ1) is 20.8. The van der Waals surface area contributed by atoms with E-state index in [1.165, 1.54) is 0 Å². The summed E-state index contributed by atoms with van der Waals surface area (Å²) < 4.78 is 29.0. The van der Waals surface area contributed by atoms with Gasteiger partial charge in [-0.3, -0.25) is 0 Å². The second kappa shape index (κ2) is 14.2. The third kappa shape index (κ3) is 6.95. The summed E-state index contributed by atoms with van der Waals surface area (Å²) in [6.07, 6.45) is -23.5. The Balaban J connectivity index is 1.30. The quantitative estimate of drug-likeness (QED) is 0.123. The molecule has 2 saturated carbocycles. The summed E-state index contributed by atoms with van der Waals surface area (Å²) in [6.45, 7) is -1.25. The molecule has 2 aliphatic carbocycles. The highest BCUT2D eigenvalue weighted by atomic mass is 16.7. The lowest BCUT2D eigenvalue weighted by atomic mass is 9.72. The molecule has 12 N–H and O–H groups in total. The van der Waals surface area contributed by atoms with Gasteiger partial charge >= 0.3 is 0 Å². The number of aliphatic hydroxyl groups is 12. The highest BCUT2D eigenvalue weighted by Gasteiger charge is 2.53. The van der Waals surface area contributed by atoms with Crippen molar-refractivity contribution in [2.24, 2.45) is 11.8 Å². The smallest absolute Gasteiger partial charge is 0.187 e. The molecule has 256 valence electrons. The lowest BCUT2D eigenvalue weighted by molar-refractivity contribution is -0.347. The van der Waals surface area contributed by atoms with Crippen molar-refractivity contribution in [3.63, 3.8) is 0 Å². The number of ether oxygens (including phenoxy) is 5. The molecule has 17 nitrogen and oxygen atoms in total. The summed E-state index contributed by atoms with van der Waals surface area (Å²) in [5, 5.41) is 123. The van der Waals surface area contributed by atoms with Gasteiger partial charge in [-0.05, 0) is 38.0 Å². The van der Waals surface area contributed by atoms with Crippen LogP contribution in [0.5, 0.6) is 0 Å². The van der Waals surface area contributed by atoms with Crippen molar-refractivity contribution in [3.8, 4) is 0 Å². The molecular formula is C27H46O17. The number of hydrogen-bond acceptors (Lipinski definition) is 17. The van der Waals surface area contributed by atoms with Gasteiger partial charge in [0.15, 0.2) is 12.6 Å². The Morgan fingerprint density at radius 3 is 1.77 bits per heavy atom. The Kier molecular flexibility index (Phi) is 11.2. The summed E-state index contributed by atoms with van der Waals surface area (Å²) in [4.78, 5) is 0. The fourth-order valence-electron chi connectivity index (χ4n) is 7.20. The van der Waals surface area contributed by atoms with Crippen molar-refractivity contribution in [2.75, 3.05) is 13.2 Å². The van der Waals surface area contributed by atoms with Crippen LogP contribution in [0.15, 0.2) is 0 Å². The van der Waals surface area contributed by atoms with Crippen LogP contribution in [0, 0.1) is 11.8 Å². The van der Waals surface area contributed by atoms with E-state index in [2.05, 4.69) is 0 Å². The molecule has 18 atom stereocenters. The van der Waals surface area contributed by atoms with Crippen molar-refractivity contribution < 1.29 is 85.0 Å². The number of fused-ring (bicyclic) bond motifs is 1. The summed E-state index contributed by atoms with van der Waals surface area (Å²) in [5.74, 6) is -1.03. The normalized spacial score (nSPS) is 55.4. The minimum atomic E-state index is -1.79. The van der Waals surface area contributed by atoms with E-state index >= 15 is 0 Å². The average Bonchev–Trinajstić information content (AvgIpc) is 2.98. The standard InChI is InChI=1S/C27H46O17/c28-6-16-19(34)21(36)23(38)26(43-16)40-7-17-20(35)22(37)24(39)27(44-17)42-15-5-10-11(30)3-9(29)4-14(10)41-25(15)8-1-12(31)18(33)13(32)2-8/h8-39H,1-7H2/t8?,9?,10?,11?,12?,13?,14?,15?,16-,17+,18?,19-,20-,21+,22+,23-,24+,25?,26-,27+/m0/s1. The monoisotopic (exact) mass is 642 g/mol. The van der Waals surface area contributed by atoms with Crippen LogP contribution in [-0.2, 0) is 23.7 Å². The molecule has 5 rings (SSSR count). The van der Waals surface area contributed by atoms with Gasteiger partial charge in [0, 0.05) is 5.92 Å². The zero-order valence-electron chi connectivity index (χ0n) is 23.9. The predicted molar refractivity (Wildman–Crippen MR) is 140 cm³/mol. The van der Waals surface area contributed by atoms with Gasteiger partial charge in [0.2, 0.25) is 0 Å². The van der Waals surface area contributed by atoms with Crippen LogP contribution in [0.3, 0.4) is 0 Å². The minimum absolute atomic E-state index is 0.0379. The van der Waals surface area contributed by atoms with E-state index in [4.69, 9.17) is 23.7 Å². The third-order valence-corrected chi connectivity index (χ3v) is 9.78. The van der Waals surface area contributed by atoms with Crippen LogP contribution < -0.4 is 0 Å². The zero-order valence-corrected chi connectivity index (χ0v) is 23.9. The number of aliphatic hydroxyl groups excluding tert-OH is 12. The molecule has 3 saturated heterocycles. The first-order valence-electron chi connectivity index (χ1n) is 15.1. The molecule has 3 heterocycles. The molecule has 44 heavy (non-hydrogen) atoms. The maximum atomic E-state index is 10.8. The van der Waals surface area contributed by atoms with E-state index in [-0.39, 0.29) is 32.1 Å². The Hall–Kier alpha value is -0.680. The van der Waals surface area contributed by atoms with Crippen molar-refractivity contribution >= 4 is 0 Å². The van der Waals surface area contributed by atoms with Crippen LogP contribution in [0.1, 0.15) is 32.1 Å². The molecule has 5 aliphatic rings. The highest BCUT2D eigenvalue weighted by Crippen LogP contribution is 2.43. The molecule has 0 amide bonds. The average molecular weight is 643 g/mol. The fourth-order valence-corrected chi connectivity index (χ4v) is 7.20. The maximum absolute atomic E-state index is 10.8. The molecule has 0 spiro atoms. The number of hydrogen-bond donors (Lipinski definition) is 12. The predicted octanol–water partition coefficient (Wildman–Crippen LogP) is -6.22. The van der Waals surface area contributed by atoms with Gasteiger partial charge in [0.05, 0.1) is 55.9 Å². The lowest BCUT2D eigenvalue weighted by Crippen LogP contribution is -2.63. The topological polar surface area (TPSA) is 289 Å². The van der Waals surface area contributed by atoms with Crippen LogP contribution in [0.4, 0.5) is 0 Å². The summed E-state index contributed by atoms with van der Waals surface area (Å²) >= 11 is 0. The molecule has 3 aliphatic heterocycles. The van der Waals surface area contributed by atoms with Gasteiger partial charge in [0.1, 0.15) is 54.9 Å². The summed E-state index contributed by atoms with van der Waals surface area (Å²) in [5.41, 5.74) is 0. The van der Waals surface area contributed by atoms with E-state index in [0.29, 0.717) is 0 Å². The summed E-state index contributed by atoms with van der Waals surface area (Å²) in [6, 6.07) is 0. The van der Waals surface area contributed by atoms with Crippen LogP contribution >= 0.6 is 0 Å². The Labute approximate surface area is 252 Å². The molecule has 5 fully saturated rings. The molecule has 0 aromatic heterocycles. The van der Waals surface area contributed by atoms with Crippen molar-refractivity contribution in [1.29, 1.82) is 0 Å². The van der Waals surface area contributed by atoms with Gasteiger partial charge in [-0.15, -0.1) is 0 Å². The second-order valence-corrected chi connectivity index (χ2v) is 12.8. The van der Waals surface area contributed by atoms with Crippen molar-refractivity contribution in [2.45, 2.75) is 142 Å². The van der Waals surface area contributed by atoms with Crippen molar-refractivity contribution in [1.82, 2.24) is 0 Å². The van der Waals surface area contributed by atoms with E-state index in [9.17, 15) is 61.3 Å². The van der Waals surface area contributed by atoms with E-state index < -0.39 is 135 Å². The van der Waals surface area contributed by atoms with Crippen LogP contribution in [0.2, 0.25) is 0 Å².